The Bertz CT molecular complexity index is 1340. The molecule has 6 amide bonds. The fourth-order valence-corrected chi connectivity index (χ4v) is 6.52. The van der Waals surface area contributed by atoms with Gasteiger partial charge < -0.3 is 56.8 Å². The molecule has 312 valence electrons. The number of hydrogen-bond donors (Lipinski definition) is 8. The summed E-state index contributed by atoms with van der Waals surface area (Å²) >= 11 is 4.08. The van der Waals surface area contributed by atoms with E-state index in [0.717, 1.165) is 39.0 Å². The number of amides is 6. The van der Waals surface area contributed by atoms with Crippen LogP contribution in [0.25, 0.3) is 0 Å². The summed E-state index contributed by atoms with van der Waals surface area (Å²) in [6.45, 7) is 8.03. The maximum atomic E-state index is 13.9. The molecule has 0 heterocycles. The lowest BCUT2D eigenvalue weighted by Crippen LogP contribution is -2.61. The third-order valence-electron chi connectivity index (χ3n) is 9.43. The average Bonchev–Trinajstić information content (AvgIpc) is 3.10. The van der Waals surface area contributed by atoms with Crippen molar-refractivity contribution in [3.63, 3.8) is 0 Å². The van der Waals surface area contributed by atoms with Crippen molar-refractivity contribution < 1.29 is 58.5 Å². The first-order chi connectivity index (χ1) is 25.8. The zero-order chi connectivity index (χ0) is 41.8. The fraction of sp³-hybridized carbons (Fsp3) is 0.750. The predicted molar refractivity (Wildman–Crippen MR) is 197 cm³/mol. The summed E-state index contributed by atoms with van der Waals surface area (Å²) in [4.78, 5) is 114. The highest BCUT2D eigenvalue weighted by Gasteiger charge is 2.36. The molecule has 0 radical (unpaired) electrons. The van der Waals surface area contributed by atoms with E-state index in [4.69, 9.17) is 0 Å². The Labute approximate surface area is 327 Å². The SMILES string of the molecule is CC[C@@H](C)[C@H](NC(=O)[C@H](CC(C)C)NC(=O)[C@@H](CCC(=O)[O-])NC(=O)[C@H](CC(=O)[O-])NC(C)=O)C(=O)N[C@@H](CC1CCCCC1)C(=O)N[C@@H](CCS)C(=O)O. The normalized spacial score (nSPS) is 16.9. The van der Waals surface area contributed by atoms with Crippen LogP contribution in [0.3, 0.4) is 0 Å². The fourth-order valence-electron chi connectivity index (χ4n) is 6.26. The molecule has 7 atom stereocenters. The minimum Gasteiger partial charge on any atom is -0.550 e. The Balaban J connectivity index is 3.36. The number of hydrogen-bond acceptors (Lipinski definition) is 12. The Morgan fingerprint density at radius 3 is 1.71 bits per heavy atom. The lowest BCUT2D eigenvalue weighted by molar-refractivity contribution is -0.307. The van der Waals surface area contributed by atoms with Crippen LogP contribution in [0.5, 0.6) is 0 Å². The quantitative estimate of drug-likeness (QED) is 0.0468. The molecule has 0 saturated heterocycles. The highest BCUT2D eigenvalue weighted by atomic mass is 32.1. The average molecular weight is 799 g/mol. The smallest absolute Gasteiger partial charge is 0.326 e. The highest BCUT2D eigenvalue weighted by molar-refractivity contribution is 7.80. The number of carbonyl (C=O) groups excluding carboxylic acids is 8. The van der Waals surface area contributed by atoms with Gasteiger partial charge in [0.25, 0.3) is 0 Å². The Morgan fingerprint density at radius 2 is 1.20 bits per heavy atom. The van der Waals surface area contributed by atoms with Gasteiger partial charge in [0.05, 0.1) is 0 Å². The second-order valence-corrected chi connectivity index (χ2v) is 15.0. The largest absolute Gasteiger partial charge is 0.550 e. The zero-order valence-electron chi connectivity index (χ0n) is 32.3. The molecule has 1 aliphatic carbocycles. The van der Waals surface area contributed by atoms with Crippen molar-refractivity contribution in [3.05, 3.63) is 0 Å². The molecule has 0 aromatic rings. The molecular weight excluding hydrogens is 740 g/mol. The number of carbonyl (C=O) groups is 9. The maximum Gasteiger partial charge on any atom is 0.326 e. The number of carboxylic acid groups (broad SMARTS) is 3. The summed E-state index contributed by atoms with van der Waals surface area (Å²) in [5.41, 5.74) is 0. The van der Waals surface area contributed by atoms with E-state index in [0.29, 0.717) is 6.42 Å². The summed E-state index contributed by atoms with van der Waals surface area (Å²) in [7, 11) is 0. The first kappa shape index (κ1) is 48.6. The van der Waals surface area contributed by atoms with Crippen molar-refractivity contribution >= 4 is 66.0 Å². The van der Waals surface area contributed by atoms with Gasteiger partial charge in [0.2, 0.25) is 35.4 Å². The molecule has 7 N–H and O–H groups in total. The van der Waals surface area contributed by atoms with Gasteiger partial charge >= 0.3 is 5.97 Å². The molecule has 0 aromatic heterocycles. The van der Waals surface area contributed by atoms with Gasteiger partial charge in [0.15, 0.2) is 0 Å². The molecular formula is C36H58N6O12S-2. The van der Waals surface area contributed by atoms with Crippen molar-refractivity contribution in [2.75, 3.05) is 5.75 Å². The van der Waals surface area contributed by atoms with Crippen LogP contribution < -0.4 is 42.1 Å². The van der Waals surface area contributed by atoms with Crippen LogP contribution in [0.2, 0.25) is 0 Å². The van der Waals surface area contributed by atoms with Crippen molar-refractivity contribution in [3.8, 4) is 0 Å². The van der Waals surface area contributed by atoms with Gasteiger partial charge in [-0.3, -0.25) is 28.8 Å². The second-order valence-electron chi connectivity index (χ2n) is 14.6. The lowest BCUT2D eigenvalue weighted by atomic mass is 9.84. The van der Waals surface area contributed by atoms with Gasteiger partial charge in [-0.1, -0.05) is 66.2 Å². The first-order valence-corrected chi connectivity index (χ1v) is 19.4. The molecule has 18 nitrogen and oxygen atoms in total. The maximum absolute atomic E-state index is 13.9. The van der Waals surface area contributed by atoms with E-state index in [2.05, 4.69) is 44.5 Å². The van der Waals surface area contributed by atoms with E-state index in [1.165, 1.54) is 0 Å². The summed E-state index contributed by atoms with van der Waals surface area (Å²) < 4.78 is 0. The Hall–Kier alpha value is -4.42. The van der Waals surface area contributed by atoms with E-state index in [-0.39, 0.29) is 36.9 Å². The van der Waals surface area contributed by atoms with E-state index >= 15 is 0 Å². The molecule has 0 bridgehead atoms. The predicted octanol–water partition coefficient (Wildman–Crippen LogP) is -1.95. The van der Waals surface area contributed by atoms with Crippen molar-refractivity contribution in [2.24, 2.45) is 17.8 Å². The van der Waals surface area contributed by atoms with E-state index in [9.17, 15) is 58.5 Å². The molecule has 1 aliphatic rings. The van der Waals surface area contributed by atoms with Gasteiger partial charge in [0.1, 0.15) is 36.3 Å². The van der Waals surface area contributed by atoms with Crippen LogP contribution in [0.4, 0.5) is 0 Å². The molecule has 0 aliphatic heterocycles. The van der Waals surface area contributed by atoms with Crippen LogP contribution in [-0.2, 0) is 43.2 Å². The minimum atomic E-state index is -1.68. The molecule has 0 spiro atoms. The summed E-state index contributed by atoms with van der Waals surface area (Å²) in [5.74, 6) is -9.97. The lowest BCUT2D eigenvalue weighted by Gasteiger charge is -2.31. The second kappa shape index (κ2) is 24.9. The van der Waals surface area contributed by atoms with Crippen LogP contribution in [0, 0.1) is 17.8 Å². The van der Waals surface area contributed by atoms with Gasteiger partial charge in [-0.15, -0.1) is 0 Å². The topological polar surface area (TPSA) is 292 Å². The first-order valence-electron chi connectivity index (χ1n) is 18.8. The molecule has 1 fully saturated rings. The number of nitrogens with one attached hydrogen (secondary N) is 6. The summed E-state index contributed by atoms with van der Waals surface area (Å²) in [6.07, 6.45) is 3.16. The molecule has 1 saturated carbocycles. The van der Waals surface area contributed by atoms with Gasteiger partial charge in [-0.2, -0.15) is 12.6 Å². The minimum absolute atomic E-state index is 0.0290. The summed E-state index contributed by atoms with van der Waals surface area (Å²) in [5, 5.41) is 46.9. The molecule has 19 heteroatoms. The third-order valence-corrected chi connectivity index (χ3v) is 9.69. The van der Waals surface area contributed by atoms with E-state index < -0.39 is 115 Å². The van der Waals surface area contributed by atoms with Crippen molar-refractivity contribution in [1.29, 1.82) is 0 Å². The van der Waals surface area contributed by atoms with Crippen molar-refractivity contribution in [1.82, 2.24) is 31.9 Å². The van der Waals surface area contributed by atoms with Crippen LogP contribution >= 0.6 is 12.6 Å². The van der Waals surface area contributed by atoms with Gasteiger partial charge in [0, 0.05) is 25.3 Å². The monoisotopic (exact) mass is 798 g/mol. The Kier molecular flexibility index (Phi) is 22.0. The third kappa shape index (κ3) is 18.6. The van der Waals surface area contributed by atoms with E-state index in [1.807, 2.05) is 0 Å². The molecule has 1 rings (SSSR count). The van der Waals surface area contributed by atoms with E-state index in [1.54, 1.807) is 27.7 Å². The van der Waals surface area contributed by atoms with Crippen LogP contribution in [-0.4, -0.2) is 100 Å². The summed E-state index contributed by atoms with van der Waals surface area (Å²) in [6, 6.07) is -8.15. The van der Waals surface area contributed by atoms with Crippen LogP contribution in [0.1, 0.15) is 112 Å². The van der Waals surface area contributed by atoms with Gasteiger partial charge in [-0.25, -0.2) is 4.79 Å². The standard InChI is InChI=1S/C36H60N6O12S/c1-6-20(4)30(35(52)41-26(17-22-10-8-7-9-11-22)32(49)39-24(14-15-55)36(53)54)42-34(51)25(16-19(2)3)40-31(48)23(12-13-28(44)45)38-33(50)27(18-29(46)47)37-21(5)43/h19-20,22-27,30,55H,6-18H2,1-5H3,(H,37,43)(H,38,50)(H,39,49)(H,40,48)(H,41,52)(H,42,51)(H,44,45)(H,46,47)(H,53,54)/p-2/t20-,23-,24+,25+,26+,27+,30+/m1/s1. The number of thiol groups is 1. The van der Waals surface area contributed by atoms with Crippen LogP contribution in [0.15, 0.2) is 0 Å². The number of carboxylic acids is 3. The molecule has 0 aromatic carbocycles. The highest BCUT2D eigenvalue weighted by Crippen LogP contribution is 2.27. The molecule has 0 unspecified atom stereocenters. The molecule has 55 heavy (non-hydrogen) atoms. The Morgan fingerprint density at radius 1 is 0.673 bits per heavy atom. The van der Waals surface area contributed by atoms with Gasteiger partial charge in [-0.05, 0) is 55.6 Å². The van der Waals surface area contributed by atoms with Crippen molar-refractivity contribution in [2.45, 2.75) is 148 Å². The zero-order valence-corrected chi connectivity index (χ0v) is 33.2. The number of aliphatic carboxylic acids is 3. The number of rotatable bonds is 25.